The van der Waals surface area contributed by atoms with Crippen LogP contribution in [0.1, 0.15) is 22.8 Å². The Morgan fingerprint density at radius 3 is 2.67 bits per heavy atom. The first-order chi connectivity index (χ1) is 7.10. The molecule has 4 N–H and O–H groups in total. The van der Waals surface area contributed by atoms with Crippen molar-refractivity contribution in [2.45, 2.75) is 6.92 Å². The number of rotatable bonds is 2. The largest absolute Gasteiger partial charge is 0.462 e. The van der Waals surface area contributed by atoms with Crippen LogP contribution in [0.25, 0.3) is 0 Å². The second-order valence-electron chi connectivity index (χ2n) is 2.86. The predicted octanol–water partition coefficient (Wildman–Crippen LogP) is 0.899. The molecule has 0 aromatic heterocycles. The summed E-state index contributed by atoms with van der Waals surface area (Å²) in [4.78, 5) is 11.4. The fourth-order valence-electron chi connectivity index (χ4n) is 1.12. The first-order valence-electron chi connectivity index (χ1n) is 4.36. The SMILES string of the molecule is CCOC(=O)c1cc(C#N)c(N)cc1N. The van der Waals surface area contributed by atoms with Crippen LogP contribution in [0.4, 0.5) is 11.4 Å². The standard InChI is InChI=1S/C10H11N3O2/c1-2-15-10(14)7-3-6(5-11)8(12)4-9(7)13/h3-4H,2,12-13H2,1H3. The summed E-state index contributed by atoms with van der Waals surface area (Å²) in [5.74, 6) is -0.550. The first-order valence-corrected chi connectivity index (χ1v) is 4.36. The van der Waals surface area contributed by atoms with Crippen LogP contribution in [-0.2, 0) is 4.74 Å². The van der Waals surface area contributed by atoms with E-state index in [4.69, 9.17) is 21.5 Å². The topological polar surface area (TPSA) is 102 Å². The highest BCUT2D eigenvalue weighted by molar-refractivity contribution is 5.96. The number of anilines is 2. The molecule has 78 valence electrons. The minimum Gasteiger partial charge on any atom is -0.462 e. The molecule has 0 amide bonds. The van der Waals surface area contributed by atoms with Crippen molar-refractivity contribution in [1.29, 1.82) is 5.26 Å². The molecule has 15 heavy (non-hydrogen) atoms. The molecule has 1 aromatic rings. The van der Waals surface area contributed by atoms with Gasteiger partial charge in [0.1, 0.15) is 6.07 Å². The van der Waals surface area contributed by atoms with Gasteiger partial charge in [0.2, 0.25) is 0 Å². The molecule has 0 radical (unpaired) electrons. The first kappa shape index (κ1) is 10.9. The van der Waals surface area contributed by atoms with Gasteiger partial charge in [-0.05, 0) is 19.1 Å². The molecular weight excluding hydrogens is 194 g/mol. The van der Waals surface area contributed by atoms with E-state index in [1.165, 1.54) is 12.1 Å². The number of hydrogen-bond donors (Lipinski definition) is 2. The third-order valence-corrected chi connectivity index (χ3v) is 1.84. The molecule has 0 aliphatic heterocycles. The molecule has 1 rings (SSSR count). The van der Waals surface area contributed by atoms with Crippen molar-refractivity contribution in [3.05, 3.63) is 23.3 Å². The molecule has 0 aliphatic rings. The molecule has 0 spiro atoms. The lowest BCUT2D eigenvalue weighted by Crippen LogP contribution is -2.09. The number of nitriles is 1. The number of carbonyl (C=O) groups excluding carboxylic acids is 1. The summed E-state index contributed by atoms with van der Waals surface area (Å²) < 4.78 is 4.78. The highest BCUT2D eigenvalue weighted by Gasteiger charge is 2.13. The lowest BCUT2D eigenvalue weighted by atomic mass is 10.1. The van der Waals surface area contributed by atoms with E-state index < -0.39 is 5.97 Å². The fraction of sp³-hybridized carbons (Fsp3) is 0.200. The van der Waals surface area contributed by atoms with Crippen molar-refractivity contribution in [1.82, 2.24) is 0 Å². The molecule has 0 saturated carbocycles. The smallest absolute Gasteiger partial charge is 0.340 e. The molecule has 0 fully saturated rings. The lowest BCUT2D eigenvalue weighted by Gasteiger charge is -2.07. The third-order valence-electron chi connectivity index (χ3n) is 1.84. The second kappa shape index (κ2) is 4.33. The Bertz CT molecular complexity index is 435. The van der Waals surface area contributed by atoms with Crippen LogP contribution in [0.5, 0.6) is 0 Å². The molecule has 0 atom stereocenters. The predicted molar refractivity (Wildman–Crippen MR) is 55.9 cm³/mol. The van der Waals surface area contributed by atoms with Crippen molar-refractivity contribution < 1.29 is 9.53 Å². The van der Waals surface area contributed by atoms with E-state index in [9.17, 15) is 4.79 Å². The number of carbonyl (C=O) groups is 1. The Morgan fingerprint density at radius 1 is 1.47 bits per heavy atom. The van der Waals surface area contributed by atoms with E-state index >= 15 is 0 Å². The van der Waals surface area contributed by atoms with Crippen LogP contribution in [0.3, 0.4) is 0 Å². The zero-order chi connectivity index (χ0) is 11.4. The molecule has 5 nitrogen and oxygen atoms in total. The molecule has 0 heterocycles. The zero-order valence-electron chi connectivity index (χ0n) is 8.28. The van der Waals surface area contributed by atoms with Gasteiger partial charge >= 0.3 is 5.97 Å². The van der Waals surface area contributed by atoms with Crippen LogP contribution in [-0.4, -0.2) is 12.6 Å². The van der Waals surface area contributed by atoms with Crippen LogP contribution in [0.2, 0.25) is 0 Å². The van der Waals surface area contributed by atoms with Gasteiger partial charge in [-0.15, -0.1) is 0 Å². The van der Waals surface area contributed by atoms with Crippen LogP contribution >= 0.6 is 0 Å². The number of benzene rings is 1. The fourth-order valence-corrected chi connectivity index (χ4v) is 1.12. The Kier molecular flexibility index (Phi) is 3.13. The summed E-state index contributed by atoms with van der Waals surface area (Å²) in [7, 11) is 0. The maximum atomic E-state index is 11.4. The van der Waals surface area contributed by atoms with Gasteiger partial charge in [-0.25, -0.2) is 4.79 Å². The lowest BCUT2D eigenvalue weighted by molar-refractivity contribution is 0.0527. The average Bonchev–Trinajstić information content (AvgIpc) is 2.18. The summed E-state index contributed by atoms with van der Waals surface area (Å²) >= 11 is 0. The van der Waals surface area contributed by atoms with Crippen molar-refractivity contribution in [3.8, 4) is 6.07 Å². The highest BCUT2D eigenvalue weighted by Crippen LogP contribution is 2.21. The maximum Gasteiger partial charge on any atom is 0.340 e. The third kappa shape index (κ3) is 2.17. The van der Waals surface area contributed by atoms with E-state index in [1.54, 1.807) is 6.92 Å². The molecule has 1 aromatic carbocycles. The van der Waals surface area contributed by atoms with E-state index in [-0.39, 0.29) is 29.1 Å². The summed E-state index contributed by atoms with van der Waals surface area (Å²) in [6.07, 6.45) is 0. The Morgan fingerprint density at radius 2 is 2.13 bits per heavy atom. The summed E-state index contributed by atoms with van der Waals surface area (Å²) in [6, 6.07) is 4.59. The molecule has 0 saturated heterocycles. The quantitative estimate of drug-likeness (QED) is 0.551. The second-order valence-corrected chi connectivity index (χ2v) is 2.86. The van der Waals surface area contributed by atoms with Gasteiger partial charge in [0.05, 0.1) is 23.4 Å². The number of ether oxygens (including phenoxy) is 1. The average molecular weight is 205 g/mol. The van der Waals surface area contributed by atoms with Crippen LogP contribution < -0.4 is 11.5 Å². The van der Waals surface area contributed by atoms with Crippen LogP contribution in [0.15, 0.2) is 12.1 Å². The molecule has 0 bridgehead atoms. The van der Waals surface area contributed by atoms with Gasteiger partial charge in [-0.3, -0.25) is 0 Å². The van der Waals surface area contributed by atoms with Gasteiger partial charge in [-0.1, -0.05) is 0 Å². The summed E-state index contributed by atoms with van der Waals surface area (Å²) in [5, 5.41) is 8.72. The highest BCUT2D eigenvalue weighted by atomic mass is 16.5. The normalized spacial score (nSPS) is 9.33. The molecular formula is C10H11N3O2. The van der Waals surface area contributed by atoms with Crippen molar-refractivity contribution in [2.75, 3.05) is 18.1 Å². The number of nitrogens with two attached hydrogens (primary N) is 2. The minimum absolute atomic E-state index is 0.169. The van der Waals surface area contributed by atoms with E-state index in [2.05, 4.69) is 0 Å². The van der Waals surface area contributed by atoms with Gasteiger partial charge in [-0.2, -0.15) is 5.26 Å². The van der Waals surface area contributed by atoms with Gasteiger partial charge in [0, 0.05) is 5.69 Å². The molecule has 5 heteroatoms. The summed E-state index contributed by atoms with van der Waals surface area (Å²) in [6.45, 7) is 1.95. The number of nitrogens with zero attached hydrogens (tertiary/aromatic N) is 1. The Labute approximate surface area is 87.2 Å². The van der Waals surface area contributed by atoms with E-state index in [1.807, 2.05) is 6.07 Å². The Hall–Kier alpha value is -2.22. The summed E-state index contributed by atoms with van der Waals surface area (Å²) in [5.41, 5.74) is 12.0. The number of nitrogen functional groups attached to an aromatic ring is 2. The molecule has 0 unspecified atom stereocenters. The van der Waals surface area contributed by atoms with Crippen molar-refractivity contribution in [2.24, 2.45) is 0 Å². The van der Waals surface area contributed by atoms with Gasteiger partial charge in [0.25, 0.3) is 0 Å². The van der Waals surface area contributed by atoms with Gasteiger partial charge < -0.3 is 16.2 Å². The van der Waals surface area contributed by atoms with E-state index in [0.717, 1.165) is 0 Å². The van der Waals surface area contributed by atoms with Crippen molar-refractivity contribution in [3.63, 3.8) is 0 Å². The monoisotopic (exact) mass is 205 g/mol. The van der Waals surface area contributed by atoms with Crippen LogP contribution in [0, 0.1) is 11.3 Å². The zero-order valence-corrected chi connectivity index (χ0v) is 8.28. The Balaban J connectivity index is 3.20. The van der Waals surface area contributed by atoms with E-state index in [0.29, 0.717) is 0 Å². The van der Waals surface area contributed by atoms with Crippen molar-refractivity contribution >= 4 is 17.3 Å². The number of esters is 1. The molecule has 0 aliphatic carbocycles. The minimum atomic E-state index is -0.550. The number of hydrogen-bond acceptors (Lipinski definition) is 5. The van der Waals surface area contributed by atoms with Gasteiger partial charge in [0.15, 0.2) is 0 Å². The maximum absolute atomic E-state index is 11.4.